The number of anilines is 1. The van der Waals surface area contributed by atoms with Crippen molar-refractivity contribution in [2.24, 2.45) is 4.40 Å². The summed E-state index contributed by atoms with van der Waals surface area (Å²) in [5, 5.41) is 4.02. The second-order valence-electron chi connectivity index (χ2n) is 7.95. The molecule has 1 unspecified atom stereocenters. The molecule has 1 saturated heterocycles. The number of hydrogen-bond acceptors (Lipinski definition) is 6. The molecule has 0 radical (unpaired) electrons. The van der Waals surface area contributed by atoms with Crippen molar-refractivity contribution in [3.05, 3.63) is 47.3 Å². The SMILES string of the molecule is Cc1ccccc1NC(=O)CC1S/C(=N/S(=O)(=O)c2cccs2)N(C2CCCCC2)C1=O. The molecule has 1 atom stereocenters. The van der Waals surface area contributed by atoms with Crippen LogP contribution in [0.4, 0.5) is 5.69 Å². The van der Waals surface area contributed by atoms with E-state index in [-0.39, 0.29) is 33.7 Å². The second kappa shape index (κ2) is 9.76. The van der Waals surface area contributed by atoms with Crippen LogP contribution in [-0.2, 0) is 19.6 Å². The highest BCUT2D eigenvalue weighted by Crippen LogP contribution is 2.36. The van der Waals surface area contributed by atoms with E-state index in [2.05, 4.69) is 9.71 Å². The molecule has 2 amide bonds. The molecule has 2 fully saturated rings. The Morgan fingerprint density at radius 1 is 1.16 bits per heavy atom. The number of carbonyl (C=O) groups excluding carboxylic acids is 2. The van der Waals surface area contributed by atoms with Crippen molar-refractivity contribution in [1.82, 2.24) is 4.90 Å². The Kier molecular flexibility index (Phi) is 7.02. The van der Waals surface area contributed by atoms with E-state index >= 15 is 0 Å². The number of aryl methyl sites for hydroxylation is 1. The van der Waals surface area contributed by atoms with E-state index < -0.39 is 15.3 Å². The molecule has 1 aliphatic carbocycles. The summed E-state index contributed by atoms with van der Waals surface area (Å²) in [6, 6.07) is 10.5. The lowest BCUT2D eigenvalue weighted by Gasteiger charge is -2.30. The first kappa shape index (κ1) is 23.0. The number of hydrogen-bond donors (Lipinski definition) is 1. The second-order valence-corrected chi connectivity index (χ2v) is 11.9. The van der Waals surface area contributed by atoms with Crippen molar-refractivity contribution in [2.75, 3.05) is 5.32 Å². The van der Waals surface area contributed by atoms with E-state index in [1.807, 2.05) is 31.2 Å². The van der Waals surface area contributed by atoms with Gasteiger partial charge in [0.1, 0.15) is 9.46 Å². The fourth-order valence-corrected chi connectivity index (χ4v) is 7.36. The topological polar surface area (TPSA) is 95.9 Å². The summed E-state index contributed by atoms with van der Waals surface area (Å²) in [7, 11) is -3.91. The number of nitrogens with zero attached hydrogens (tertiary/aromatic N) is 2. The molecular weight excluding hydrogens is 466 g/mol. The molecule has 1 N–H and O–H groups in total. The molecule has 4 rings (SSSR count). The van der Waals surface area contributed by atoms with E-state index in [0.717, 1.165) is 60.8 Å². The van der Waals surface area contributed by atoms with Crippen molar-refractivity contribution >= 4 is 55.8 Å². The lowest BCUT2D eigenvalue weighted by atomic mass is 9.94. The van der Waals surface area contributed by atoms with Gasteiger partial charge in [0.25, 0.3) is 10.0 Å². The zero-order chi connectivity index (χ0) is 22.7. The summed E-state index contributed by atoms with van der Waals surface area (Å²) in [5.41, 5.74) is 1.63. The van der Waals surface area contributed by atoms with Gasteiger partial charge in [-0.3, -0.25) is 14.5 Å². The van der Waals surface area contributed by atoms with Crippen LogP contribution in [0.3, 0.4) is 0 Å². The largest absolute Gasteiger partial charge is 0.326 e. The molecule has 0 spiro atoms. The monoisotopic (exact) mass is 491 g/mol. The maximum atomic E-state index is 13.3. The predicted octanol–water partition coefficient (Wildman–Crippen LogP) is 4.41. The minimum Gasteiger partial charge on any atom is -0.326 e. The third-order valence-electron chi connectivity index (χ3n) is 5.64. The molecule has 1 aromatic carbocycles. The first-order valence-electron chi connectivity index (χ1n) is 10.6. The highest BCUT2D eigenvalue weighted by atomic mass is 32.2. The number of thioether (sulfide) groups is 1. The molecule has 170 valence electrons. The summed E-state index contributed by atoms with van der Waals surface area (Å²) in [5.74, 6) is -0.516. The van der Waals surface area contributed by atoms with E-state index in [1.54, 1.807) is 16.3 Å². The number of thiophene rings is 1. The van der Waals surface area contributed by atoms with Gasteiger partial charge in [0.15, 0.2) is 5.17 Å². The van der Waals surface area contributed by atoms with Crippen LogP contribution in [-0.4, -0.2) is 41.6 Å². The van der Waals surface area contributed by atoms with Gasteiger partial charge in [0.2, 0.25) is 11.8 Å². The molecule has 10 heteroatoms. The van der Waals surface area contributed by atoms with Gasteiger partial charge in [-0.05, 0) is 42.8 Å². The number of benzene rings is 1. The Labute approximate surface area is 196 Å². The average molecular weight is 492 g/mol. The van der Waals surface area contributed by atoms with Crippen molar-refractivity contribution in [3.8, 4) is 0 Å². The molecule has 1 saturated carbocycles. The van der Waals surface area contributed by atoms with Gasteiger partial charge in [0, 0.05) is 18.2 Å². The molecule has 2 aromatic rings. The molecule has 32 heavy (non-hydrogen) atoms. The Hall–Kier alpha value is -2.17. The Morgan fingerprint density at radius 3 is 2.59 bits per heavy atom. The summed E-state index contributed by atoms with van der Waals surface area (Å²) in [6.07, 6.45) is 4.66. The molecule has 2 heterocycles. The van der Waals surface area contributed by atoms with Gasteiger partial charge in [0.05, 0.1) is 0 Å². The third-order valence-corrected chi connectivity index (χ3v) is 9.55. The lowest BCUT2D eigenvalue weighted by molar-refractivity contribution is -0.130. The zero-order valence-corrected chi connectivity index (χ0v) is 20.1. The van der Waals surface area contributed by atoms with Crippen molar-refractivity contribution in [1.29, 1.82) is 0 Å². The van der Waals surface area contributed by atoms with Crippen LogP contribution in [0.25, 0.3) is 0 Å². The van der Waals surface area contributed by atoms with Crippen LogP contribution in [0.2, 0.25) is 0 Å². The lowest BCUT2D eigenvalue weighted by Crippen LogP contribution is -2.42. The van der Waals surface area contributed by atoms with Gasteiger partial charge >= 0.3 is 0 Å². The van der Waals surface area contributed by atoms with E-state index in [4.69, 9.17) is 0 Å². The Morgan fingerprint density at radius 2 is 1.91 bits per heavy atom. The minimum absolute atomic E-state index is 0.0425. The number of amides is 2. The number of para-hydroxylation sites is 1. The van der Waals surface area contributed by atoms with Gasteiger partial charge in [-0.1, -0.05) is 55.3 Å². The molecule has 2 aliphatic rings. The van der Waals surface area contributed by atoms with E-state index in [0.29, 0.717) is 5.69 Å². The summed E-state index contributed by atoms with van der Waals surface area (Å²) in [6.45, 7) is 1.90. The fourth-order valence-electron chi connectivity index (χ4n) is 3.99. The average Bonchev–Trinajstić information content (AvgIpc) is 3.40. The van der Waals surface area contributed by atoms with Gasteiger partial charge in [-0.25, -0.2) is 0 Å². The zero-order valence-electron chi connectivity index (χ0n) is 17.7. The highest BCUT2D eigenvalue weighted by molar-refractivity contribution is 8.16. The van der Waals surface area contributed by atoms with Crippen LogP contribution < -0.4 is 5.32 Å². The van der Waals surface area contributed by atoms with E-state index in [9.17, 15) is 18.0 Å². The maximum Gasteiger partial charge on any atom is 0.294 e. The molecule has 7 nitrogen and oxygen atoms in total. The van der Waals surface area contributed by atoms with Crippen molar-refractivity contribution < 1.29 is 18.0 Å². The third kappa shape index (κ3) is 5.07. The number of amidine groups is 1. The van der Waals surface area contributed by atoms with Crippen molar-refractivity contribution in [2.45, 2.75) is 60.9 Å². The first-order valence-corrected chi connectivity index (χ1v) is 13.8. The van der Waals surface area contributed by atoms with Gasteiger partial charge in [-0.2, -0.15) is 8.42 Å². The predicted molar refractivity (Wildman–Crippen MR) is 128 cm³/mol. The maximum absolute atomic E-state index is 13.3. The number of sulfonamides is 1. The number of carbonyl (C=O) groups is 2. The summed E-state index contributed by atoms with van der Waals surface area (Å²) in [4.78, 5) is 27.5. The van der Waals surface area contributed by atoms with Gasteiger partial charge < -0.3 is 5.32 Å². The highest BCUT2D eigenvalue weighted by Gasteiger charge is 2.43. The smallest absolute Gasteiger partial charge is 0.294 e. The minimum atomic E-state index is -3.91. The van der Waals surface area contributed by atoms with Crippen LogP contribution in [0.1, 0.15) is 44.1 Å². The fraction of sp³-hybridized carbons (Fsp3) is 0.409. The Balaban J connectivity index is 1.57. The molecule has 1 aromatic heterocycles. The summed E-state index contributed by atoms with van der Waals surface area (Å²) < 4.78 is 29.8. The molecular formula is C22H25N3O4S3. The van der Waals surface area contributed by atoms with Crippen LogP contribution in [0.5, 0.6) is 0 Å². The Bertz CT molecular complexity index is 1120. The van der Waals surface area contributed by atoms with Crippen LogP contribution in [0.15, 0.2) is 50.4 Å². The molecule has 0 bridgehead atoms. The van der Waals surface area contributed by atoms with Crippen LogP contribution in [0, 0.1) is 6.92 Å². The normalized spacial score (nSPS) is 21.3. The summed E-state index contributed by atoms with van der Waals surface area (Å²) >= 11 is 2.17. The number of rotatable bonds is 6. The number of nitrogens with one attached hydrogen (secondary N) is 1. The van der Waals surface area contributed by atoms with E-state index in [1.165, 1.54) is 6.07 Å². The van der Waals surface area contributed by atoms with Crippen molar-refractivity contribution in [3.63, 3.8) is 0 Å². The molecule has 1 aliphatic heterocycles. The standard InChI is InChI=1S/C22H25N3O4S3/c1-15-8-5-6-11-17(15)23-19(26)14-18-21(27)25(16-9-3-2-4-10-16)22(31-18)24-32(28,29)20-12-7-13-30-20/h5-8,11-13,16,18H,2-4,9-10,14H2,1H3,(H,23,26)/b24-22+. The van der Waals surface area contributed by atoms with Gasteiger partial charge in [-0.15, -0.1) is 15.7 Å². The van der Waals surface area contributed by atoms with Crippen LogP contribution >= 0.6 is 23.1 Å². The first-order chi connectivity index (χ1) is 15.3. The quantitative estimate of drug-likeness (QED) is 0.646.